The van der Waals surface area contributed by atoms with Gasteiger partial charge < -0.3 is 0 Å². The first-order valence-electron chi connectivity index (χ1n) is 4.31. The van der Waals surface area contributed by atoms with Crippen LogP contribution in [0.25, 0.3) is 0 Å². The normalized spacial score (nSPS) is 13.3. The van der Waals surface area contributed by atoms with Crippen LogP contribution >= 0.6 is 0 Å². The van der Waals surface area contributed by atoms with Crippen molar-refractivity contribution in [2.75, 3.05) is 0 Å². The van der Waals surface area contributed by atoms with Crippen molar-refractivity contribution in [3.05, 3.63) is 12.2 Å². The van der Waals surface area contributed by atoms with Crippen LogP contribution in [0.4, 0.5) is 0 Å². The molecule has 0 aliphatic carbocycles. The molecule has 0 bridgehead atoms. The number of allylic oxidation sites excluding steroid dienone is 1. The molecule has 0 aromatic carbocycles. The summed E-state index contributed by atoms with van der Waals surface area (Å²) >= 11 is 0. The molecule has 0 unspecified atom stereocenters. The van der Waals surface area contributed by atoms with Crippen LogP contribution in [0.5, 0.6) is 0 Å². The lowest BCUT2D eigenvalue weighted by atomic mass is 10.2. The Morgan fingerprint density at radius 2 is 1.64 bits per heavy atom. The van der Waals surface area contributed by atoms with Gasteiger partial charge in [-0.2, -0.15) is 0 Å². The average Bonchev–Trinajstić information content (AvgIpc) is 1.56. The minimum absolute atomic E-state index is 0.506. The largest absolute Gasteiger partial charge is 0.100 e. The second-order valence-corrected chi connectivity index (χ2v) is 10.9. The fraction of sp³-hybridized carbons (Fsp3) is 0.800. The van der Waals surface area contributed by atoms with E-state index in [1.807, 2.05) is 0 Å². The van der Waals surface area contributed by atoms with Gasteiger partial charge in [-0.1, -0.05) is 39.4 Å². The van der Waals surface area contributed by atoms with Gasteiger partial charge in [-0.05, 0) is 18.0 Å². The third-order valence-corrected chi connectivity index (χ3v) is 8.32. The minimum Gasteiger partial charge on any atom is -0.100 e. The van der Waals surface area contributed by atoms with E-state index in [1.54, 1.807) is 0 Å². The van der Waals surface area contributed by atoms with E-state index in [-0.39, 0.29) is 0 Å². The molecule has 0 N–H and O–H groups in total. The maximum absolute atomic E-state index is 3.99. The fourth-order valence-electron chi connectivity index (χ4n) is 1.02. The number of rotatable bonds is 2. The van der Waals surface area contributed by atoms with Crippen molar-refractivity contribution in [2.45, 2.75) is 51.9 Å². The highest BCUT2D eigenvalue weighted by atomic mass is 28.3. The van der Waals surface area contributed by atoms with Gasteiger partial charge in [-0.25, -0.2) is 0 Å². The van der Waals surface area contributed by atoms with Crippen LogP contribution < -0.4 is 0 Å². The maximum Gasteiger partial charge on any atom is 0.0567 e. The van der Waals surface area contributed by atoms with Gasteiger partial charge in [0, 0.05) is 0 Å². The molecule has 0 saturated carbocycles. The zero-order valence-corrected chi connectivity index (χ0v) is 9.91. The Hall–Kier alpha value is -0.0431. The first kappa shape index (κ1) is 11.0. The van der Waals surface area contributed by atoms with E-state index in [0.717, 1.165) is 0 Å². The lowest BCUT2D eigenvalue weighted by molar-refractivity contribution is 0.717. The van der Waals surface area contributed by atoms with Crippen LogP contribution in [-0.4, -0.2) is 8.07 Å². The molecular weight excluding hydrogens is 148 g/mol. The predicted molar refractivity (Wildman–Crippen MR) is 56.8 cm³/mol. The van der Waals surface area contributed by atoms with Crippen LogP contribution in [0.1, 0.15) is 27.7 Å². The first-order valence-corrected chi connectivity index (χ1v) is 7.52. The first-order chi connectivity index (χ1) is 4.67. The summed E-state index contributed by atoms with van der Waals surface area (Å²) in [6, 6.07) is 1.26. The van der Waals surface area contributed by atoms with Gasteiger partial charge in [0.2, 0.25) is 0 Å². The van der Waals surface area contributed by atoms with E-state index in [1.165, 1.54) is 11.6 Å². The maximum atomic E-state index is 3.99. The Morgan fingerprint density at radius 1 is 1.27 bits per heavy atom. The molecule has 0 heterocycles. The van der Waals surface area contributed by atoms with Gasteiger partial charge in [-0.15, -0.1) is 6.58 Å². The Balaban J connectivity index is 4.34. The van der Waals surface area contributed by atoms with E-state index in [2.05, 4.69) is 47.4 Å². The average molecular weight is 170 g/mol. The fourth-order valence-corrected chi connectivity index (χ4v) is 3.06. The molecule has 0 aliphatic heterocycles. The van der Waals surface area contributed by atoms with Crippen molar-refractivity contribution in [2.24, 2.45) is 0 Å². The summed E-state index contributed by atoms with van der Waals surface area (Å²) < 4.78 is 0. The molecule has 0 radical (unpaired) electrons. The third-order valence-electron chi connectivity index (χ3n) is 2.77. The molecule has 0 aromatic heterocycles. The van der Waals surface area contributed by atoms with E-state index >= 15 is 0 Å². The molecule has 0 fully saturated rings. The Morgan fingerprint density at radius 3 is 1.73 bits per heavy atom. The molecule has 11 heavy (non-hydrogen) atoms. The Bertz CT molecular complexity index is 149. The number of hydrogen-bond acceptors (Lipinski definition) is 0. The summed E-state index contributed by atoms with van der Waals surface area (Å²) in [4.78, 5) is 0. The summed E-state index contributed by atoms with van der Waals surface area (Å²) in [6.07, 6.45) is 0. The van der Waals surface area contributed by atoms with Gasteiger partial charge in [0.1, 0.15) is 0 Å². The SMILES string of the molecule is C=C(C)C[Si](C)(C)C(C)(C)C. The van der Waals surface area contributed by atoms with Gasteiger partial charge in [-0.3, -0.25) is 0 Å². The van der Waals surface area contributed by atoms with Crippen molar-refractivity contribution in [1.29, 1.82) is 0 Å². The van der Waals surface area contributed by atoms with Crippen LogP contribution in [0.2, 0.25) is 24.2 Å². The summed E-state index contributed by atoms with van der Waals surface area (Å²) in [5, 5.41) is 0.506. The van der Waals surface area contributed by atoms with E-state index in [9.17, 15) is 0 Å². The highest BCUT2D eigenvalue weighted by Crippen LogP contribution is 2.39. The van der Waals surface area contributed by atoms with Gasteiger partial charge in [0.05, 0.1) is 8.07 Å². The summed E-state index contributed by atoms with van der Waals surface area (Å²) in [6.45, 7) is 18.1. The lowest BCUT2D eigenvalue weighted by Gasteiger charge is -2.37. The second kappa shape index (κ2) is 3.14. The van der Waals surface area contributed by atoms with Crippen molar-refractivity contribution in [3.63, 3.8) is 0 Å². The smallest absolute Gasteiger partial charge is 0.0567 e. The zero-order valence-electron chi connectivity index (χ0n) is 8.91. The molecule has 0 amide bonds. The van der Waals surface area contributed by atoms with E-state index in [4.69, 9.17) is 0 Å². The summed E-state index contributed by atoms with van der Waals surface area (Å²) in [5.74, 6) is 0. The number of hydrogen-bond donors (Lipinski definition) is 0. The van der Waals surface area contributed by atoms with Crippen molar-refractivity contribution in [3.8, 4) is 0 Å². The van der Waals surface area contributed by atoms with Crippen LogP contribution in [0.15, 0.2) is 12.2 Å². The van der Waals surface area contributed by atoms with Crippen molar-refractivity contribution in [1.82, 2.24) is 0 Å². The predicted octanol–water partition coefficient (Wildman–Crippen LogP) is 4.07. The Labute approximate surface area is 72.7 Å². The highest BCUT2D eigenvalue weighted by Gasteiger charge is 2.34. The summed E-state index contributed by atoms with van der Waals surface area (Å²) in [5.41, 5.74) is 1.34. The van der Waals surface area contributed by atoms with Crippen LogP contribution in [0, 0.1) is 0 Å². The van der Waals surface area contributed by atoms with Gasteiger partial charge >= 0.3 is 0 Å². The van der Waals surface area contributed by atoms with Gasteiger partial charge in [0.25, 0.3) is 0 Å². The van der Waals surface area contributed by atoms with Gasteiger partial charge in [0.15, 0.2) is 0 Å². The molecule has 1 heteroatoms. The van der Waals surface area contributed by atoms with Crippen molar-refractivity contribution < 1.29 is 0 Å². The molecule has 0 atom stereocenters. The molecule has 0 saturated heterocycles. The van der Waals surface area contributed by atoms with E-state index < -0.39 is 8.07 Å². The highest BCUT2D eigenvalue weighted by molar-refractivity contribution is 6.80. The van der Waals surface area contributed by atoms with E-state index in [0.29, 0.717) is 5.04 Å². The molecule has 0 aromatic rings. The second-order valence-electron chi connectivity index (χ2n) is 5.27. The molecule has 0 nitrogen and oxygen atoms in total. The molecule has 0 rings (SSSR count). The molecular formula is C10H22Si. The minimum atomic E-state index is -1.07. The topological polar surface area (TPSA) is 0 Å². The van der Waals surface area contributed by atoms with Crippen LogP contribution in [-0.2, 0) is 0 Å². The lowest BCUT2D eigenvalue weighted by Crippen LogP contribution is -2.36. The summed E-state index contributed by atoms with van der Waals surface area (Å²) in [7, 11) is -1.07. The monoisotopic (exact) mass is 170 g/mol. The molecule has 0 spiro atoms. The zero-order chi connectivity index (χ0) is 9.28. The Kier molecular flexibility index (Phi) is 3.12. The van der Waals surface area contributed by atoms with Crippen molar-refractivity contribution >= 4 is 8.07 Å². The standard InChI is InChI=1S/C10H22Si/c1-9(2)8-11(6,7)10(3,4)5/h1,8H2,2-7H3. The quantitative estimate of drug-likeness (QED) is 0.433. The molecule has 66 valence electrons. The van der Waals surface area contributed by atoms with Crippen LogP contribution in [0.3, 0.4) is 0 Å². The molecule has 0 aliphatic rings. The third kappa shape index (κ3) is 3.24.